The quantitative estimate of drug-likeness (QED) is 0.327. The van der Waals surface area contributed by atoms with Gasteiger partial charge in [-0.1, -0.05) is 12.8 Å². The predicted molar refractivity (Wildman–Crippen MR) is 112 cm³/mol. The molecule has 6 nitrogen and oxygen atoms in total. The molecule has 0 radical (unpaired) electrons. The van der Waals surface area contributed by atoms with Crippen molar-refractivity contribution in [3.8, 4) is 0 Å². The molecule has 1 aliphatic carbocycles. The summed E-state index contributed by atoms with van der Waals surface area (Å²) >= 11 is 0. The Morgan fingerprint density at radius 3 is 2.64 bits per heavy atom. The average Bonchev–Trinajstić information content (AvgIpc) is 3.25. The number of guanidine groups is 1. The molecule has 1 saturated carbocycles. The van der Waals surface area contributed by atoms with Crippen molar-refractivity contribution in [3.05, 3.63) is 0 Å². The van der Waals surface area contributed by atoms with Gasteiger partial charge in [0.15, 0.2) is 5.96 Å². The topological polar surface area (TPSA) is 69.1 Å². The maximum atomic E-state index is 10.6. The molecule has 3 aliphatic rings. The second-order valence-electron chi connectivity index (χ2n) is 7.60. The van der Waals surface area contributed by atoms with Crippen LogP contribution in [0.5, 0.6) is 0 Å². The highest BCUT2D eigenvalue weighted by Gasteiger charge is 2.31. The second kappa shape index (κ2) is 10.3. The number of hydrogen-bond acceptors (Lipinski definition) is 4. The number of halogens is 1. The van der Waals surface area contributed by atoms with E-state index in [9.17, 15) is 5.11 Å². The zero-order valence-electron chi connectivity index (χ0n) is 15.5. The molecule has 3 rings (SSSR count). The minimum absolute atomic E-state index is 0. The van der Waals surface area contributed by atoms with Crippen LogP contribution < -0.4 is 10.6 Å². The molecular weight excluding hydrogens is 431 g/mol. The van der Waals surface area contributed by atoms with Crippen molar-refractivity contribution in [1.82, 2.24) is 15.5 Å². The lowest BCUT2D eigenvalue weighted by atomic mass is 9.95. The summed E-state index contributed by atoms with van der Waals surface area (Å²) in [6.45, 7) is 6.96. The summed E-state index contributed by atoms with van der Waals surface area (Å²) in [4.78, 5) is 7.32. The standard InChI is InChI=1S/C18H34N4O2.HI/c1-2-19-17(20-14-18(23)8-11-24-12-9-18)21-15-7-10-22(13-15)16-5-3-4-6-16;/h15-16,23H,2-14H2,1H3,(H2,19,20,21);1H. The summed E-state index contributed by atoms with van der Waals surface area (Å²) in [5.74, 6) is 0.843. The molecule has 3 N–H and O–H groups in total. The molecule has 2 saturated heterocycles. The Morgan fingerprint density at radius 2 is 1.96 bits per heavy atom. The molecule has 0 aromatic heterocycles. The molecule has 1 unspecified atom stereocenters. The fourth-order valence-electron chi connectivity index (χ4n) is 4.16. The van der Waals surface area contributed by atoms with Crippen molar-refractivity contribution >= 4 is 29.9 Å². The average molecular weight is 466 g/mol. The zero-order chi connectivity index (χ0) is 16.8. The Kier molecular flexibility index (Phi) is 8.71. The van der Waals surface area contributed by atoms with E-state index in [4.69, 9.17) is 4.74 Å². The van der Waals surface area contributed by atoms with Crippen LogP contribution in [-0.4, -0.2) is 73.0 Å². The van der Waals surface area contributed by atoms with Gasteiger partial charge >= 0.3 is 0 Å². The van der Waals surface area contributed by atoms with Crippen LogP contribution in [0.1, 0.15) is 51.9 Å². The molecule has 1 atom stereocenters. The van der Waals surface area contributed by atoms with Crippen molar-refractivity contribution < 1.29 is 9.84 Å². The number of rotatable bonds is 5. The molecule has 146 valence electrons. The van der Waals surface area contributed by atoms with Crippen LogP contribution in [0.2, 0.25) is 0 Å². The molecule has 0 bridgehead atoms. The maximum absolute atomic E-state index is 10.6. The number of nitrogens with one attached hydrogen (secondary N) is 2. The first-order valence-electron chi connectivity index (χ1n) is 9.77. The van der Waals surface area contributed by atoms with E-state index in [0.29, 0.717) is 38.6 Å². The Balaban J connectivity index is 0.00000225. The van der Waals surface area contributed by atoms with Crippen molar-refractivity contribution in [2.24, 2.45) is 4.99 Å². The first-order chi connectivity index (χ1) is 11.7. The highest BCUT2D eigenvalue weighted by atomic mass is 127. The minimum atomic E-state index is -0.702. The van der Waals surface area contributed by atoms with E-state index in [1.807, 2.05) is 0 Å². The van der Waals surface area contributed by atoms with Gasteiger partial charge in [0.2, 0.25) is 0 Å². The van der Waals surface area contributed by atoms with Gasteiger partial charge in [-0.3, -0.25) is 9.89 Å². The van der Waals surface area contributed by atoms with E-state index in [1.165, 1.54) is 38.6 Å². The molecule has 7 heteroatoms. The lowest BCUT2D eigenvalue weighted by molar-refractivity contribution is -0.0566. The highest BCUT2D eigenvalue weighted by Crippen LogP contribution is 2.26. The highest BCUT2D eigenvalue weighted by molar-refractivity contribution is 14.0. The minimum Gasteiger partial charge on any atom is -0.388 e. The SMILES string of the molecule is CCNC(=NCC1(O)CCOCC1)NC1CCN(C2CCCC2)C1.I. The van der Waals surface area contributed by atoms with E-state index in [-0.39, 0.29) is 24.0 Å². The Morgan fingerprint density at radius 1 is 1.24 bits per heavy atom. The predicted octanol–water partition coefficient (Wildman–Crippen LogP) is 1.72. The second-order valence-corrected chi connectivity index (χ2v) is 7.60. The lowest BCUT2D eigenvalue weighted by Gasteiger charge is -2.31. The van der Waals surface area contributed by atoms with E-state index < -0.39 is 5.60 Å². The number of aliphatic hydroxyl groups is 1. The monoisotopic (exact) mass is 466 g/mol. The number of aliphatic imine (C=N–C) groups is 1. The summed E-state index contributed by atoms with van der Waals surface area (Å²) < 4.78 is 5.34. The van der Waals surface area contributed by atoms with E-state index in [1.54, 1.807) is 0 Å². The third kappa shape index (κ3) is 6.22. The molecular formula is C18H35IN4O2. The molecule has 0 spiro atoms. The van der Waals surface area contributed by atoms with Gasteiger partial charge < -0.3 is 20.5 Å². The summed E-state index contributed by atoms with van der Waals surface area (Å²) in [6.07, 6.45) is 8.06. The molecule has 3 fully saturated rings. The van der Waals surface area contributed by atoms with Gasteiger partial charge in [0.25, 0.3) is 0 Å². The van der Waals surface area contributed by atoms with Crippen LogP contribution in [0.25, 0.3) is 0 Å². The molecule has 0 aromatic carbocycles. The third-order valence-electron chi connectivity index (χ3n) is 5.70. The lowest BCUT2D eigenvalue weighted by Crippen LogP contribution is -2.47. The number of ether oxygens (including phenoxy) is 1. The number of likely N-dealkylation sites (tertiary alicyclic amines) is 1. The van der Waals surface area contributed by atoms with Crippen molar-refractivity contribution in [3.63, 3.8) is 0 Å². The van der Waals surface area contributed by atoms with Crippen LogP contribution in [0.4, 0.5) is 0 Å². The maximum Gasteiger partial charge on any atom is 0.191 e. The van der Waals surface area contributed by atoms with Gasteiger partial charge in [-0.15, -0.1) is 24.0 Å². The van der Waals surface area contributed by atoms with Gasteiger partial charge in [0.05, 0.1) is 12.1 Å². The molecule has 0 aromatic rings. The van der Waals surface area contributed by atoms with E-state index in [0.717, 1.165) is 25.1 Å². The van der Waals surface area contributed by atoms with Crippen LogP contribution in [-0.2, 0) is 4.74 Å². The van der Waals surface area contributed by atoms with Crippen molar-refractivity contribution in [2.75, 3.05) is 39.4 Å². The Labute approximate surface area is 169 Å². The molecule has 2 heterocycles. The van der Waals surface area contributed by atoms with Crippen LogP contribution >= 0.6 is 24.0 Å². The summed E-state index contributed by atoms with van der Waals surface area (Å²) in [7, 11) is 0. The fraction of sp³-hybridized carbons (Fsp3) is 0.944. The third-order valence-corrected chi connectivity index (χ3v) is 5.70. The summed E-state index contributed by atoms with van der Waals surface area (Å²) in [5.41, 5.74) is -0.702. The molecule has 0 amide bonds. The van der Waals surface area contributed by atoms with Crippen LogP contribution in [0.3, 0.4) is 0 Å². The first kappa shape index (κ1) is 21.2. The summed E-state index contributed by atoms with van der Waals surface area (Å²) in [6, 6.07) is 1.27. The van der Waals surface area contributed by atoms with E-state index in [2.05, 4.69) is 27.4 Å². The molecule has 2 aliphatic heterocycles. The normalized spacial score (nSPS) is 27.9. The fourth-order valence-corrected chi connectivity index (χ4v) is 4.16. The van der Waals surface area contributed by atoms with Crippen molar-refractivity contribution in [1.29, 1.82) is 0 Å². The van der Waals surface area contributed by atoms with Crippen LogP contribution in [0, 0.1) is 0 Å². The number of hydrogen-bond donors (Lipinski definition) is 3. The zero-order valence-corrected chi connectivity index (χ0v) is 17.8. The van der Waals surface area contributed by atoms with E-state index >= 15 is 0 Å². The largest absolute Gasteiger partial charge is 0.388 e. The van der Waals surface area contributed by atoms with Gasteiger partial charge in [-0.05, 0) is 26.2 Å². The van der Waals surface area contributed by atoms with Gasteiger partial charge in [-0.25, -0.2) is 0 Å². The summed E-state index contributed by atoms with van der Waals surface area (Å²) in [5, 5.41) is 17.5. The van der Waals surface area contributed by atoms with Gasteiger partial charge in [0.1, 0.15) is 0 Å². The Hall–Kier alpha value is -0.120. The first-order valence-corrected chi connectivity index (χ1v) is 9.77. The van der Waals surface area contributed by atoms with Gasteiger partial charge in [-0.2, -0.15) is 0 Å². The Bertz CT molecular complexity index is 423. The number of nitrogens with zero attached hydrogens (tertiary/aromatic N) is 2. The smallest absolute Gasteiger partial charge is 0.191 e. The molecule has 25 heavy (non-hydrogen) atoms. The van der Waals surface area contributed by atoms with Crippen molar-refractivity contribution in [2.45, 2.75) is 69.6 Å². The van der Waals surface area contributed by atoms with Crippen LogP contribution in [0.15, 0.2) is 4.99 Å². The van der Waals surface area contributed by atoms with Gasteiger partial charge in [0, 0.05) is 57.8 Å².